The first-order valence-electron chi connectivity index (χ1n) is 7.07. The molecule has 0 amide bonds. The lowest BCUT2D eigenvalue weighted by molar-refractivity contribution is 0.417. The first-order valence-corrected chi connectivity index (χ1v) is 8.68. The summed E-state index contributed by atoms with van der Waals surface area (Å²) in [6, 6.07) is 15.3. The molecule has 3 rings (SSSR count). The van der Waals surface area contributed by atoms with Gasteiger partial charge in [-0.2, -0.15) is 0 Å². The van der Waals surface area contributed by atoms with Crippen LogP contribution in [0, 0.1) is 0 Å². The van der Waals surface area contributed by atoms with Gasteiger partial charge < -0.3 is 4.90 Å². The summed E-state index contributed by atoms with van der Waals surface area (Å²) < 4.78 is 1.14. The number of nitrogens with zero attached hydrogens (tertiary/aromatic N) is 1. The molecular formula is C18H19BrClNS. The monoisotopic (exact) mass is 395 g/mol. The van der Waals surface area contributed by atoms with Crippen molar-refractivity contribution in [3.8, 4) is 0 Å². The number of fused-ring (bicyclic) bond motifs is 2. The van der Waals surface area contributed by atoms with Crippen molar-refractivity contribution in [2.45, 2.75) is 16.2 Å². The fourth-order valence-electron chi connectivity index (χ4n) is 2.53. The smallest absolute Gasteiger partial charge is 0.0201 e. The fraction of sp³-hybridized carbons (Fsp3) is 0.222. The molecule has 1 aliphatic heterocycles. The molecule has 0 saturated heterocycles. The highest BCUT2D eigenvalue weighted by Crippen LogP contribution is 2.46. The second-order valence-corrected chi connectivity index (χ2v) is 7.45. The number of benzene rings is 2. The summed E-state index contributed by atoms with van der Waals surface area (Å²) in [5, 5.41) is 0. The third kappa shape index (κ3) is 3.77. The zero-order valence-electron chi connectivity index (χ0n) is 12.7. The van der Waals surface area contributed by atoms with Crippen LogP contribution >= 0.6 is 40.1 Å². The highest BCUT2D eigenvalue weighted by Gasteiger charge is 2.20. The Morgan fingerprint density at radius 2 is 1.77 bits per heavy atom. The third-order valence-corrected chi connectivity index (χ3v) is 5.20. The van der Waals surface area contributed by atoms with Gasteiger partial charge >= 0.3 is 0 Å². The number of hydrogen-bond acceptors (Lipinski definition) is 2. The van der Waals surface area contributed by atoms with Crippen molar-refractivity contribution < 1.29 is 0 Å². The van der Waals surface area contributed by atoms with E-state index >= 15 is 0 Å². The maximum Gasteiger partial charge on any atom is 0.0201 e. The highest BCUT2D eigenvalue weighted by molar-refractivity contribution is 9.10. The number of hydrogen-bond donors (Lipinski definition) is 0. The van der Waals surface area contributed by atoms with Gasteiger partial charge in [0.25, 0.3) is 0 Å². The Morgan fingerprint density at radius 1 is 1.05 bits per heavy atom. The van der Waals surface area contributed by atoms with Crippen LogP contribution in [-0.2, 0) is 0 Å². The van der Waals surface area contributed by atoms with E-state index in [1.165, 1.54) is 26.5 Å². The van der Waals surface area contributed by atoms with E-state index in [-0.39, 0.29) is 12.4 Å². The van der Waals surface area contributed by atoms with Crippen molar-refractivity contribution in [1.29, 1.82) is 0 Å². The molecule has 0 aromatic heterocycles. The average molecular weight is 397 g/mol. The summed E-state index contributed by atoms with van der Waals surface area (Å²) in [7, 11) is 4.24. The SMILES string of the molecule is CN(C)CC/C=C1/c2ccccc2Sc2ccc(Br)cc21.Cl. The van der Waals surface area contributed by atoms with Crippen LogP contribution in [0.3, 0.4) is 0 Å². The van der Waals surface area contributed by atoms with E-state index < -0.39 is 0 Å². The predicted molar refractivity (Wildman–Crippen MR) is 102 cm³/mol. The van der Waals surface area contributed by atoms with Crippen LogP contribution in [0.1, 0.15) is 17.5 Å². The molecule has 0 aliphatic carbocycles. The standard InChI is InChI=1S/C18H18BrNS.ClH/c1-20(2)11-5-7-14-15-6-3-4-8-17(15)21-18-10-9-13(19)12-16(14)18;/h3-4,6-10,12H,5,11H2,1-2H3;1H/b14-7-;. The van der Waals surface area contributed by atoms with E-state index in [0.717, 1.165) is 17.4 Å². The van der Waals surface area contributed by atoms with Crippen LogP contribution in [0.25, 0.3) is 5.57 Å². The van der Waals surface area contributed by atoms with Crippen LogP contribution in [0.2, 0.25) is 0 Å². The molecule has 116 valence electrons. The summed E-state index contributed by atoms with van der Waals surface area (Å²) in [5.41, 5.74) is 4.06. The van der Waals surface area contributed by atoms with Crippen molar-refractivity contribution >= 4 is 45.7 Å². The third-order valence-electron chi connectivity index (χ3n) is 3.55. The van der Waals surface area contributed by atoms with Gasteiger partial charge in [-0.25, -0.2) is 0 Å². The second-order valence-electron chi connectivity index (χ2n) is 5.45. The van der Waals surface area contributed by atoms with Crippen molar-refractivity contribution in [3.63, 3.8) is 0 Å². The molecular weight excluding hydrogens is 378 g/mol. The minimum absolute atomic E-state index is 0. The maximum absolute atomic E-state index is 3.60. The molecule has 2 aromatic carbocycles. The van der Waals surface area contributed by atoms with Crippen LogP contribution < -0.4 is 0 Å². The van der Waals surface area contributed by atoms with Crippen molar-refractivity contribution in [2.75, 3.05) is 20.6 Å². The molecule has 2 aromatic rings. The van der Waals surface area contributed by atoms with Crippen LogP contribution in [-0.4, -0.2) is 25.5 Å². The normalized spacial score (nSPS) is 14.5. The van der Waals surface area contributed by atoms with Crippen molar-refractivity contribution in [1.82, 2.24) is 4.90 Å². The second kappa shape index (κ2) is 7.69. The molecule has 0 saturated carbocycles. The van der Waals surface area contributed by atoms with E-state index in [9.17, 15) is 0 Å². The minimum Gasteiger partial charge on any atom is -0.309 e. The largest absolute Gasteiger partial charge is 0.309 e. The van der Waals surface area contributed by atoms with Gasteiger partial charge in [-0.1, -0.05) is 52.0 Å². The van der Waals surface area contributed by atoms with Gasteiger partial charge in [-0.15, -0.1) is 12.4 Å². The highest BCUT2D eigenvalue weighted by atomic mass is 79.9. The van der Waals surface area contributed by atoms with E-state index in [0.29, 0.717) is 0 Å². The van der Waals surface area contributed by atoms with Gasteiger partial charge in [0.1, 0.15) is 0 Å². The van der Waals surface area contributed by atoms with Crippen LogP contribution in [0.15, 0.2) is 62.8 Å². The first-order chi connectivity index (χ1) is 10.1. The molecule has 0 unspecified atom stereocenters. The summed E-state index contributed by atoms with van der Waals surface area (Å²) in [5.74, 6) is 0. The molecule has 0 bridgehead atoms. The molecule has 22 heavy (non-hydrogen) atoms. The minimum atomic E-state index is 0. The van der Waals surface area contributed by atoms with Gasteiger partial charge in [-0.05, 0) is 61.5 Å². The van der Waals surface area contributed by atoms with E-state index in [4.69, 9.17) is 0 Å². The van der Waals surface area contributed by atoms with Crippen LogP contribution in [0.5, 0.6) is 0 Å². The molecule has 0 fully saturated rings. The molecule has 0 radical (unpaired) electrons. The van der Waals surface area contributed by atoms with Crippen molar-refractivity contribution in [3.05, 3.63) is 64.1 Å². The predicted octanol–water partition coefficient (Wildman–Crippen LogP) is 5.72. The molecule has 0 spiro atoms. The topological polar surface area (TPSA) is 3.24 Å². The Bertz CT molecular complexity index is 697. The molecule has 1 aliphatic rings. The Hall–Kier alpha value is -0.740. The van der Waals surface area contributed by atoms with Crippen molar-refractivity contribution in [2.24, 2.45) is 0 Å². The summed E-state index contributed by atoms with van der Waals surface area (Å²) >= 11 is 5.47. The summed E-state index contributed by atoms with van der Waals surface area (Å²) in [4.78, 5) is 4.92. The Morgan fingerprint density at radius 3 is 2.55 bits per heavy atom. The zero-order valence-corrected chi connectivity index (χ0v) is 15.9. The number of rotatable bonds is 3. The van der Waals surface area contributed by atoms with Gasteiger partial charge in [0.15, 0.2) is 0 Å². The lowest BCUT2D eigenvalue weighted by Crippen LogP contribution is -2.12. The lowest BCUT2D eigenvalue weighted by Gasteiger charge is -2.22. The van der Waals surface area contributed by atoms with E-state index in [2.05, 4.69) is 83.5 Å². The summed E-state index contributed by atoms with van der Waals surface area (Å²) in [6.07, 6.45) is 3.44. The Balaban J connectivity index is 0.00000176. The molecule has 0 atom stereocenters. The lowest BCUT2D eigenvalue weighted by atomic mass is 9.96. The number of halogens is 2. The van der Waals surface area contributed by atoms with E-state index in [1.54, 1.807) is 0 Å². The average Bonchev–Trinajstić information content (AvgIpc) is 2.46. The van der Waals surface area contributed by atoms with Gasteiger partial charge in [0, 0.05) is 20.8 Å². The van der Waals surface area contributed by atoms with Crippen LogP contribution in [0.4, 0.5) is 0 Å². The van der Waals surface area contributed by atoms with E-state index in [1.807, 2.05) is 11.8 Å². The summed E-state index contributed by atoms with van der Waals surface area (Å²) in [6.45, 7) is 1.07. The zero-order chi connectivity index (χ0) is 14.8. The Kier molecular flexibility index (Phi) is 6.16. The molecule has 4 heteroatoms. The fourth-order valence-corrected chi connectivity index (χ4v) is 3.98. The van der Waals surface area contributed by atoms with Gasteiger partial charge in [-0.3, -0.25) is 0 Å². The molecule has 1 heterocycles. The molecule has 1 nitrogen and oxygen atoms in total. The van der Waals surface area contributed by atoms with Gasteiger partial charge in [0.05, 0.1) is 0 Å². The quantitative estimate of drug-likeness (QED) is 0.557. The first kappa shape index (κ1) is 17.6. The maximum atomic E-state index is 3.60. The molecule has 0 N–H and O–H groups in total. The van der Waals surface area contributed by atoms with Gasteiger partial charge in [0.2, 0.25) is 0 Å². The Labute approximate surface area is 151 Å².